The zero-order valence-corrected chi connectivity index (χ0v) is 10.7. The van der Waals surface area contributed by atoms with E-state index in [0.717, 1.165) is 12.8 Å². The van der Waals surface area contributed by atoms with Crippen molar-refractivity contribution in [1.82, 2.24) is 5.32 Å². The molecule has 0 saturated heterocycles. The quantitative estimate of drug-likeness (QED) is 0.513. The third-order valence-electron chi connectivity index (χ3n) is 3.40. The average molecular weight is 272 g/mol. The highest BCUT2D eigenvalue weighted by atomic mass is 16.4. The highest BCUT2D eigenvalue weighted by molar-refractivity contribution is 5.85. The molecule has 0 aromatic heterocycles. The van der Waals surface area contributed by atoms with Gasteiger partial charge in [-0.2, -0.15) is 0 Å². The molecule has 19 heavy (non-hydrogen) atoms. The number of aliphatic carboxylic acids is 2. The molecular formula is C12H20N2O5. The number of amides is 1. The lowest BCUT2D eigenvalue weighted by Crippen LogP contribution is -2.46. The Hall–Kier alpha value is -1.63. The van der Waals surface area contributed by atoms with Gasteiger partial charge >= 0.3 is 11.9 Å². The highest BCUT2D eigenvalue weighted by Crippen LogP contribution is 2.24. The molecule has 1 aliphatic carbocycles. The Kier molecular flexibility index (Phi) is 5.75. The molecule has 0 spiro atoms. The molecule has 0 radical (unpaired) electrons. The Balaban J connectivity index is 2.46. The maximum absolute atomic E-state index is 11.9. The van der Waals surface area contributed by atoms with Gasteiger partial charge in [0.05, 0.1) is 5.92 Å². The van der Waals surface area contributed by atoms with Gasteiger partial charge in [0.25, 0.3) is 0 Å². The van der Waals surface area contributed by atoms with Gasteiger partial charge in [0.15, 0.2) is 0 Å². The summed E-state index contributed by atoms with van der Waals surface area (Å²) in [6, 6.07) is -1.26. The van der Waals surface area contributed by atoms with Crippen LogP contribution in [0.2, 0.25) is 0 Å². The fourth-order valence-electron chi connectivity index (χ4n) is 2.31. The summed E-state index contributed by atoms with van der Waals surface area (Å²) in [7, 11) is 0. The Labute approximate surface area is 111 Å². The van der Waals surface area contributed by atoms with E-state index >= 15 is 0 Å². The van der Waals surface area contributed by atoms with E-state index in [-0.39, 0.29) is 37.1 Å². The first-order chi connectivity index (χ1) is 8.91. The number of carboxylic acids is 2. The summed E-state index contributed by atoms with van der Waals surface area (Å²) in [6.07, 6.45) is 2.53. The molecule has 3 atom stereocenters. The van der Waals surface area contributed by atoms with Crippen molar-refractivity contribution in [2.24, 2.45) is 11.7 Å². The van der Waals surface area contributed by atoms with Gasteiger partial charge in [-0.1, -0.05) is 6.42 Å². The fourth-order valence-corrected chi connectivity index (χ4v) is 2.31. The van der Waals surface area contributed by atoms with Gasteiger partial charge in [-0.15, -0.1) is 0 Å². The van der Waals surface area contributed by atoms with Crippen LogP contribution < -0.4 is 11.1 Å². The second-order valence-corrected chi connectivity index (χ2v) is 4.89. The summed E-state index contributed by atoms with van der Waals surface area (Å²) in [5, 5.41) is 20.0. The molecule has 1 amide bonds. The number of hydrogen-bond donors (Lipinski definition) is 4. The minimum Gasteiger partial charge on any atom is -0.481 e. The van der Waals surface area contributed by atoms with Gasteiger partial charge in [0.2, 0.25) is 5.91 Å². The second-order valence-electron chi connectivity index (χ2n) is 4.89. The van der Waals surface area contributed by atoms with Crippen molar-refractivity contribution in [3.05, 3.63) is 0 Å². The van der Waals surface area contributed by atoms with Crippen LogP contribution in [0, 0.1) is 5.92 Å². The summed E-state index contributed by atoms with van der Waals surface area (Å²) >= 11 is 0. The molecule has 108 valence electrons. The molecule has 1 rings (SSSR count). The Morgan fingerprint density at radius 2 is 1.95 bits per heavy atom. The number of carboxylic acid groups (broad SMARTS) is 2. The lowest BCUT2D eigenvalue weighted by molar-refractivity contribution is -0.143. The standard InChI is InChI=1S/C12H20N2O5/c13-8-4-1-3-7(8)11(17)14-9(12(18)19)5-2-6-10(15)16/h7-9H,1-6,13H2,(H,14,17)(H,15,16)(H,18,19)/t7?,8?,9-/m1/s1. The van der Waals surface area contributed by atoms with Gasteiger partial charge < -0.3 is 21.3 Å². The molecule has 1 aliphatic rings. The lowest BCUT2D eigenvalue weighted by Gasteiger charge is -2.19. The van der Waals surface area contributed by atoms with Crippen molar-refractivity contribution in [3.8, 4) is 0 Å². The highest BCUT2D eigenvalue weighted by Gasteiger charge is 2.32. The topological polar surface area (TPSA) is 130 Å². The Bertz CT molecular complexity index is 358. The molecule has 5 N–H and O–H groups in total. The molecule has 0 heterocycles. The van der Waals surface area contributed by atoms with Crippen LogP contribution in [0.5, 0.6) is 0 Å². The van der Waals surface area contributed by atoms with E-state index in [0.29, 0.717) is 6.42 Å². The minimum atomic E-state index is -1.15. The van der Waals surface area contributed by atoms with Gasteiger partial charge in [-0.05, 0) is 25.7 Å². The first-order valence-electron chi connectivity index (χ1n) is 6.42. The van der Waals surface area contributed by atoms with Crippen LogP contribution in [-0.2, 0) is 14.4 Å². The molecule has 0 aliphatic heterocycles. The molecule has 0 bridgehead atoms. The van der Waals surface area contributed by atoms with Crippen LogP contribution in [0.4, 0.5) is 0 Å². The Morgan fingerprint density at radius 1 is 1.26 bits per heavy atom. The van der Waals surface area contributed by atoms with Crippen molar-refractivity contribution >= 4 is 17.8 Å². The van der Waals surface area contributed by atoms with E-state index in [9.17, 15) is 14.4 Å². The van der Waals surface area contributed by atoms with E-state index in [2.05, 4.69) is 5.32 Å². The molecule has 1 fully saturated rings. The number of rotatable bonds is 7. The van der Waals surface area contributed by atoms with Crippen LogP contribution in [0.15, 0.2) is 0 Å². The lowest BCUT2D eigenvalue weighted by atomic mass is 10.0. The number of carbonyl (C=O) groups is 3. The first kappa shape index (κ1) is 15.4. The SMILES string of the molecule is NC1CCCC1C(=O)N[C@H](CCCC(=O)O)C(=O)O. The van der Waals surface area contributed by atoms with Crippen LogP contribution in [0.3, 0.4) is 0 Å². The molecule has 0 aromatic rings. The van der Waals surface area contributed by atoms with Crippen molar-refractivity contribution in [2.45, 2.75) is 50.6 Å². The monoisotopic (exact) mass is 272 g/mol. The van der Waals surface area contributed by atoms with Crippen LogP contribution in [0.1, 0.15) is 38.5 Å². The first-order valence-corrected chi connectivity index (χ1v) is 6.42. The predicted octanol–water partition coefficient (Wildman–Crippen LogP) is -0.0619. The second kappa shape index (κ2) is 7.08. The van der Waals surface area contributed by atoms with Crippen molar-refractivity contribution < 1.29 is 24.6 Å². The van der Waals surface area contributed by atoms with E-state index in [4.69, 9.17) is 15.9 Å². The van der Waals surface area contributed by atoms with E-state index in [1.54, 1.807) is 0 Å². The van der Waals surface area contributed by atoms with Gasteiger partial charge in [-0.25, -0.2) is 4.79 Å². The molecule has 7 heteroatoms. The third kappa shape index (κ3) is 4.86. The van der Waals surface area contributed by atoms with E-state index in [1.807, 2.05) is 0 Å². The predicted molar refractivity (Wildman–Crippen MR) is 66.4 cm³/mol. The van der Waals surface area contributed by atoms with E-state index < -0.39 is 18.0 Å². The summed E-state index contributed by atoms with van der Waals surface area (Å²) in [6.45, 7) is 0. The summed E-state index contributed by atoms with van der Waals surface area (Å²) in [5.41, 5.74) is 5.79. The molecular weight excluding hydrogens is 252 g/mol. The van der Waals surface area contributed by atoms with Gasteiger partial charge in [0.1, 0.15) is 6.04 Å². The van der Waals surface area contributed by atoms with Gasteiger partial charge in [-0.3, -0.25) is 9.59 Å². The summed E-state index contributed by atoms with van der Waals surface area (Å²) in [4.78, 5) is 33.3. The van der Waals surface area contributed by atoms with Crippen molar-refractivity contribution in [1.29, 1.82) is 0 Å². The molecule has 0 aromatic carbocycles. The average Bonchev–Trinajstić information content (AvgIpc) is 2.73. The number of hydrogen-bond acceptors (Lipinski definition) is 4. The maximum atomic E-state index is 11.9. The van der Waals surface area contributed by atoms with Crippen LogP contribution in [0.25, 0.3) is 0 Å². The molecule has 2 unspecified atom stereocenters. The van der Waals surface area contributed by atoms with Crippen LogP contribution >= 0.6 is 0 Å². The zero-order chi connectivity index (χ0) is 14.4. The number of nitrogens with two attached hydrogens (primary N) is 1. The zero-order valence-electron chi connectivity index (χ0n) is 10.7. The maximum Gasteiger partial charge on any atom is 0.326 e. The van der Waals surface area contributed by atoms with Gasteiger partial charge in [0, 0.05) is 12.5 Å². The largest absolute Gasteiger partial charge is 0.481 e. The molecule has 7 nitrogen and oxygen atoms in total. The third-order valence-corrected chi connectivity index (χ3v) is 3.40. The summed E-state index contributed by atoms with van der Waals surface area (Å²) in [5.74, 6) is -2.80. The fraction of sp³-hybridized carbons (Fsp3) is 0.750. The van der Waals surface area contributed by atoms with E-state index in [1.165, 1.54) is 0 Å². The molecule has 1 saturated carbocycles. The van der Waals surface area contributed by atoms with Crippen molar-refractivity contribution in [2.75, 3.05) is 0 Å². The smallest absolute Gasteiger partial charge is 0.326 e. The van der Waals surface area contributed by atoms with Crippen molar-refractivity contribution in [3.63, 3.8) is 0 Å². The summed E-state index contributed by atoms with van der Waals surface area (Å²) < 4.78 is 0. The normalized spacial score (nSPS) is 23.8. The number of nitrogens with one attached hydrogen (secondary N) is 1. The Morgan fingerprint density at radius 3 is 2.42 bits per heavy atom. The van der Waals surface area contributed by atoms with Crippen LogP contribution in [-0.4, -0.2) is 40.1 Å². The minimum absolute atomic E-state index is 0.106. The number of carbonyl (C=O) groups excluding carboxylic acids is 1.